The first kappa shape index (κ1) is 36.9. The number of rotatable bonds is 9. The van der Waals surface area contributed by atoms with Crippen LogP contribution in [0.3, 0.4) is 0 Å². The maximum absolute atomic E-state index is 15.2. The molecule has 5 heterocycles. The normalized spacial score (nSPS) is 14.9. The van der Waals surface area contributed by atoms with Gasteiger partial charge in [0.15, 0.2) is 23.1 Å². The number of nitrogens with zero attached hydrogens (tertiary/aromatic N) is 6. The molecule has 3 aromatic heterocycles. The first-order chi connectivity index (χ1) is 25.7. The largest absolute Gasteiger partial charge is 0.494 e. The van der Waals surface area contributed by atoms with Crippen LogP contribution in [0.5, 0.6) is 11.5 Å². The molecule has 16 heteroatoms. The molecular weight excluding hydrogens is 686 g/mol. The molecule has 2 aliphatic heterocycles. The summed E-state index contributed by atoms with van der Waals surface area (Å²) in [5.41, 5.74) is 8.37. The number of hydrogen-bond donors (Lipinski definition) is 4. The maximum Gasteiger partial charge on any atom is 0.259 e. The molecule has 14 nitrogen and oxygen atoms in total. The van der Waals surface area contributed by atoms with Crippen LogP contribution in [0.1, 0.15) is 21.6 Å². The predicted octanol–water partition coefficient (Wildman–Crippen LogP) is 3.24. The highest BCUT2D eigenvalue weighted by Crippen LogP contribution is 2.40. The molecular formula is C37H40F2N10O4. The summed E-state index contributed by atoms with van der Waals surface area (Å²) in [6.07, 6.45) is 6.10. The quantitative estimate of drug-likeness (QED) is 0.175. The Bertz CT molecular complexity index is 2030. The number of nitrogens with one attached hydrogen (secondary N) is 3. The van der Waals surface area contributed by atoms with E-state index in [1.54, 1.807) is 18.5 Å². The fraction of sp³-hybridized carbons (Fsp3) is 0.297. The molecule has 5 N–H and O–H groups in total. The van der Waals surface area contributed by atoms with Crippen molar-refractivity contribution >= 4 is 34.4 Å². The van der Waals surface area contributed by atoms with Gasteiger partial charge in [0.2, 0.25) is 5.91 Å². The Morgan fingerprint density at radius 1 is 0.849 bits per heavy atom. The average Bonchev–Trinajstić information content (AvgIpc) is 3.17. The van der Waals surface area contributed by atoms with Gasteiger partial charge in [-0.05, 0) is 29.8 Å². The van der Waals surface area contributed by atoms with E-state index < -0.39 is 23.1 Å². The van der Waals surface area contributed by atoms with Gasteiger partial charge in [-0.25, -0.2) is 13.8 Å². The monoisotopic (exact) mass is 726 g/mol. The van der Waals surface area contributed by atoms with Crippen molar-refractivity contribution in [3.63, 3.8) is 0 Å². The standard InChI is InChI=1S/C27H24F2N6O4.C10H16N4/c1-38-18-11-19(39-2)24(29)22(23(18)28)16-4-5-17(26-25(16)31-7-8-32-26)27(37)34-20-6-3-15(12-33-20)13-35-10-9-30-21(36)14-35;11-9-1-2-10(13-7-9)8-14-5-3-12-4-6-14/h3-8,11-12H,9-10,13-14H2,1-2H3,(H,30,36)(H,33,34,37);1-2,7,12H,3-6,8,11H2. The van der Waals surface area contributed by atoms with E-state index in [2.05, 4.69) is 40.8 Å². The molecule has 2 fully saturated rings. The molecule has 2 aliphatic rings. The van der Waals surface area contributed by atoms with Gasteiger partial charge < -0.3 is 31.2 Å². The number of anilines is 2. The van der Waals surface area contributed by atoms with Crippen molar-refractivity contribution in [2.75, 3.05) is 71.1 Å². The second kappa shape index (κ2) is 17.1. The number of methoxy groups -OCH3 is 2. The van der Waals surface area contributed by atoms with Crippen molar-refractivity contribution in [3.05, 3.63) is 95.7 Å². The number of nitrogens with two attached hydrogens (primary N) is 1. The maximum atomic E-state index is 15.2. The highest BCUT2D eigenvalue weighted by molar-refractivity contribution is 6.13. The number of hydrogen-bond acceptors (Lipinski definition) is 12. The fourth-order valence-electron chi connectivity index (χ4n) is 6.05. The summed E-state index contributed by atoms with van der Waals surface area (Å²) in [5.74, 6) is -2.53. The number of ether oxygens (including phenoxy) is 2. The van der Waals surface area contributed by atoms with Gasteiger partial charge in [-0.1, -0.05) is 12.1 Å². The predicted molar refractivity (Wildman–Crippen MR) is 195 cm³/mol. The number of carbonyl (C=O) groups excluding carboxylic acids is 2. The van der Waals surface area contributed by atoms with Crippen LogP contribution in [0.2, 0.25) is 0 Å². The molecule has 2 saturated heterocycles. The van der Waals surface area contributed by atoms with Gasteiger partial charge in [-0.3, -0.25) is 34.3 Å². The zero-order chi connectivity index (χ0) is 37.3. The molecule has 0 spiro atoms. The van der Waals surface area contributed by atoms with E-state index in [1.165, 1.54) is 38.7 Å². The number of fused-ring (bicyclic) bond motifs is 1. The number of piperazine rings is 2. The van der Waals surface area contributed by atoms with Gasteiger partial charge in [0, 0.05) is 82.6 Å². The Morgan fingerprint density at radius 2 is 1.57 bits per heavy atom. The smallest absolute Gasteiger partial charge is 0.259 e. The number of aromatic nitrogens is 4. The van der Waals surface area contributed by atoms with Crippen LogP contribution in [0, 0.1) is 11.6 Å². The van der Waals surface area contributed by atoms with Crippen molar-refractivity contribution in [2.24, 2.45) is 0 Å². The molecule has 0 bridgehead atoms. The van der Waals surface area contributed by atoms with Gasteiger partial charge in [0.25, 0.3) is 5.91 Å². The van der Waals surface area contributed by atoms with Crippen LogP contribution in [0.25, 0.3) is 22.2 Å². The van der Waals surface area contributed by atoms with E-state index in [4.69, 9.17) is 15.2 Å². The molecule has 2 aromatic carbocycles. The van der Waals surface area contributed by atoms with Gasteiger partial charge >= 0.3 is 0 Å². The van der Waals surface area contributed by atoms with E-state index in [1.807, 2.05) is 23.1 Å². The number of nitrogen functional groups attached to an aromatic ring is 1. The SMILES string of the molecule is COc1cc(OC)c(F)c(-c2ccc(C(=O)Nc3ccc(CN4CCNC(=O)C4)cn3)c3nccnc23)c1F.Nc1ccc(CN2CCNCC2)nc1. The first-order valence-corrected chi connectivity index (χ1v) is 17.0. The first-order valence-electron chi connectivity index (χ1n) is 17.0. The lowest BCUT2D eigenvalue weighted by molar-refractivity contribution is -0.124. The number of halogens is 2. The van der Waals surface area contributed by atoms with Crippen LogP contribution in [-0.2, 0) is 17.9 Å². The van der Waals surface area contributed by atoms with Crippen molar-refractivity contribution in [2.45, 2.75) is 13.1 Å². The van der Waals surface area contributed by atoms with Crippen LogP contribution >= 0.6 is 0 Å². The lowest BCUT2D eigenvalue weighted by Gasteiger charge is -2.26. The van der Waals surface area contributed by atoms with E-state index in [0.717, 1.165) is 62.3 Å². The minimum atomic E-state index is -0.936. The second-order valence-electron chi connectivity index (χ2n) is 12.4. The molecule has 0 saturated carbocycles. The third-order valence-electron chi connectivity index (χ3n) is 8.75. The molecule has 7 rings (SSSR count). The van der Waals surface area contributed by atoms with Crippen LogP contribution in [0.4, 0.5) is 20.3 Å². The lowest BCUT2D eigenvalue weighted by atomic mass is 9.98. The topological polar surface area (TPSA) is 173 Å². The Balaban J connectivity index is 0.000000286. The molecule has 2 amide bonds. The van der Waals surface area contributed by atoms with E-state index >= 15 is 8.78 Å². The summed E-state index contributed by atoms with van der Waals surface area (Å²) >= 11 is 0. The zero-order valence-corrected chi connectivity index (χ0v) is 29.4. The number of amides is 2. The fourth-order valence-corrected chi connectivity index (χ4v) is 6.05. The summed E-state index contributed by atoms with van der Waals surface area (Å²) in [7, 11) is 2.52. The van der Waals surface area contributed by atoms with Crippen molar-refractivity contribution in [1.29, 1.82) is 0 Å². The number of pyridine rings is 2. The highest BCUT2D eigenvalue weighted by Gasteiger charge is 2.25. The zero-order valence-electron chi connectivity index (χ0n) is 29.4. The summed E-state index contributed by atoms with van der Waals surface area (Å²) in [6.45, 7) is 7.51. The molecule has 0 aliphatic carbocycles. The van der Waals surface area contributed by atoms with Crippen LogP contribution in [-0.4, -0.2) is 102 Å². The minimum absolute atomic E-state index is 0.0181. The molecule has 276 valence electrons. The van der Waals surface area contributed by atoms with Crippen molar-refractivity contribution in [1.82, 2.24) is 40.4 Å². The number of benzene rings is 2. The third-order valence-corrected chi connectivity index (χ3v) is 8.75. The van der Waals surface area contributed by atoms with Crippen molar-refractivity contribution < 1.29 is 27.8 Å². The third kappa shape index (κ3) is 8.97. The highest BCUT2D eigenvalue weighted by atomic mass is 19.1. The molecule has 53 heavy (non-hydrogen) atoms. The van der Waals surface area contributed by atoms with E-state index in [-0.39, 0.29) is 39.6 Å². The molecule has 5 aromatic rings. The Morgan fingerprint density at radius 3 is 2.21 bits per heavy atom. The minimum Gasteiger partial charge on any atom is -0.494 e. The van der Waals surface area contributed by atoms with Gasteiger partial charge in [-0.15, -0.1) is 0 Å². The summed E-state index contributed by atoms with van der Waals surface area (Å²) in [4.78, 5) is 46.3. The Hall–Kier alpha value is -5.84. The van der Waals surface area contributed by atoms with E-state index in [0.29, 0.717) is 25.5 Å². The molecule has 0 atom stereocenters. The molecule has 0 unspecified atom stereocenters. The van der Waals surface area contributed by atoms with Gasteiger partial charge in [-0.2, -0.15) is 0 Å². The van der Waals surface area contributed by atoms with Gasteiger partial charge in [0.05, 0.1) is 55.0 Å². The molecule has 0 radical (unpaired) electrons. The Labute approximate surface area is 304 Å². The van der Waals surface area contributed by atoms with Crippen LogP contribution < -0.4 is 31.2 Å². The van der Waals surface area contributed by atoms with Crippen LogP contribution in [0.15, 0.2) is 67.3 Å². The summed E-state index contributed by atoms with van der Waals surface area (Å²) < 4.78 is 40.6. The Kier molecular flexibility index (Phi) is 11.9. The van der Waals surface area contributed by atoms with Gasteiger partial charge in [0.1, 0.15) is 11.3 Å². The summed E-state index contributed by atoms with van der Waals surface area (Å²) in [5, 5.41) is 8.83. The van der Waals surface area contributed by atoms with Crippen molar-refractivity contribution in [3.8, 4) is 22.6 Å². The second-order valence-corrected chi connectivity index (χ2v) is 12.4. The lowest BCUT2D eigenvalue weighted by Crippen LogP contribution is -2.47. The summed E-state index contributed by atoms with van der Waals surface area (Å²) in [6, 6.07) is 11.3. The average molecular weight is 727 g/mol. The number of carbonyl (C=O) groups is 2. The van der Waals surface area contributed by atoms with E-state index in [9.17, 15) is 9.59 Å².